The van der Waals surface area contributed by atoms with Gasteiger partial charge in [-0.15, -0.1) is 0 Å². The molecular formula is C9H18N2O. The van der Waals surface area contributed by atoms with Crippen molar-refractivity contribution in [2.24, 2.45) is 11.8 Å². The maximum absolute atomic E-state index is 11.5. The minimum atomic E-state index is 0. The second kappa shape index (κ2) is 3.44. The van der Waals surface area contributed by atoms with Gasteiger partial charge in [0.15, 0.2) is 0 Å². The summed E-state index contributed by atoms with van der Waals surface area (Å²) in [5.41, 5.74) is 0. The van der Waals surface area contributed by atoms with E-state index in [9.17, 15) is 4.79 Å². The van der Waals surface area contributed by atoms with Crippen LogP contribution >= 0.6 is 0 Å². The van der Waals surface area contributed by atoms with Gasteiger partial charge in [-0.25, -0.2) is 0 Å². The Bertz CT molecular complexity index is 177. The van der Waals surface area contributed by atoms with Crippen LogP contribution in [0.4, 0.5) is 0 Å². The Balaban J connectivity index is 0.000000720. The van der Waals surface area contributed by atoms with Gasteiger partial charge >= 0.3 is 0 Å². The molecule has 1 heterocycles. The molecule has 0 radical (unpaired) electrons. The molecule has 1 saturated carbocycles. The van der Waals surface area contributed by atoms with Gasteiger partial charge in [-0.3, -0.25) is 4.79 Å². The molecule has 0 bridgehead atoms. The number of carbonyl (C=O) groups excluding carboxylic acids is 1. The molecule has 70 valence electrons. The zero-order chi connectivity index (χ0) is 7.84. The molecule has 1 saturated heterocycles. The average Bonchev–Trinajstić information content (AvgIpc) is 2.74. The van der Waals surface area contributed by atoms with E-state index in [1.165, 1.54) is 6.42 Å². The molecule has 2 fully saturated rings. The third-order valence-electron chi connectivity index (χ3n) is 2.66. The smallest absolute Gasteiger partial charge is 0.225 e. The van der Waals surface area contributed by atoms with Gasteiger partial charge in [0.25, 0.3) is 0 Å². The molecule has 0 unspecified atom stereocenters. The Hall–Kier alpha value is -0.570. The molecule has 2 rings (SSSR count). The molecule has 2 aliphatic rings. The van der Waals surface area contributed by atoms with Crippen LogP contribution in [0.1, 0.15) is 26.2 Å². The Kier molecular flexibility index (Phi) is 2.73. The highest BCUT2D eigenvalue weighted by Gasteiger charge is 2.35. The van der Waals surface area contributed by atoms with Gasteiger partial charge in [-0.1, -0.05) is 6.92 Å². The number of rotatable bonds is 1. The Labute approximate surface area is 73.7 Å². The van der Waals surface area contributed by atoms with Gasteiger partial charge in [0, 0.05) is 19.0 Å². The van der Waals surface area contributed by atoms with Crippen LogP contribution in [0.2, 0.25) is 0 Å². The second-order valence-corrected chi connectivity index (χ2v) is 3.95. The molecule has 3 heteroatoms. The van der Waals surface area contributed by atoms with Crippen molar-refractivity contribution < 1.29 is 4.79 Å². The summed E-state index contributed by atoms with van der Waals surface area (Å²) in [6.07, 6.45) is 3.49. The van der Waals surface area contributed by atoms with E-state index in [-0.39, 0.29) is 6.15 Å². The van der Waals surface area contributed by atoms with Crippen molar-refractivity contribution >= 4 is 5.91 Å². The Morgan fingerprint density at radius 2 is 2.00 bits per heavy atom. The standard InChI is InChI=1S/C9H15NO.H3N/c1-7-4-5-10(6-7)9(11)8-2-3-8;/h7-8H,2-6H2,1H3;1H3/t7-;/m0./s1. The third kappa shape index (κ3) is 1.78. The summed E-state index contributed by atoms with van der Waals surface area (Å²) >= 11 is 0. The van der Waals surface area contributed by atoms with Crippen LogP contribution in [-0.4, -0.2) is 23.9 Å². The third-order valence-corrected chi connectivity index (χ3v) is 2.66. The fraction of sp³-hybridized carbons (Fsp3) is 0.889. The maximum atomic E-state index is 11.5. The van der Waals surface area contributed by atoms with Crippen LogP contribution < -0.4 is 6.15 Å². The number of carbonyl (C=O) groups is 1. The van der Waals surface area contributed by atoms with Gasteiger partial charge in [-0.05, 0) is 25.2 Å². The summed E-state index contributed by atoms with van der Waals surface area (Å²) < 4.78 is 0. The topological polar surface area (TPSA) is 55.3 Å². The molecule has 0 spiro atoms. The van der Waals surface area contributed by atoms with Gasteiger partial charge < -0.3 is 11.1 Å². The van der Waals surface area contributed by atoms with E-state index >= 15 is 0 Å². The number of amides is 1. The van der Waals surface area contributed by atoms with E-state index in [0.717, 1.165) is 31.8 Å². The molecule has 3 nitrogen and oxygen atoms in total. The minimum absolute atomic E-state index is 0. The summed E-state index contributed by atoms with van der Waals surface area (Å²) in [5, 5.41) is 0. The molecular weight excluding hydrogens is 152 g/mol. The van der Waals surface area contributed by atoms with E-state index in [2.05, 4.69) is 6.92 Å². The molecule has 1 amide bonds. The van der Waals surface area contributed by atoms with Gasteiger partial charge in [0.1, 0.15) is 0 Å². The molecule has 3 N–H and O–H groups in total. The first-order valence-electron chi connectivity index (χ1n) is 4.56. The Morgan fingerprint density at radius 3 is 2.42 bits per heavy atom. The highest BCUT2D eigenvalue weighted by molar-refractivity contribution is 5.81. The Morgan fingerprint density at radius 1 is 1.33 bits per heavy atom. The van der Waals surface area contributed by atoms with Crippen molar-refractivity contribution in [2.75, 3.05) is 13.1 Å². The lowest BCUT2D eigenvalue weighted by Gasteiger charge is -2.14. The molecule has 1 aliphatic carbocycles. The van der Waals surface area contributed by atoms with E-state index in [4.69, 9.17) is 0 Å². The fourth-order valence-electron chi connectivity index (χ4n) is 1.72. The van der Waals surface area contributed by atoms with Crippen LogP contribution in [0.25, 0.3) is 0 Å². The highest BCUT2D eigenvalue weighted by atomic mass is 16.2. The van der Waals surface area contributed by atoms with Crippen molar-refractivity contribution in [3.8, 4) is 0 Å². The number of nitrogens with zero attached hydrogens (tertiary/aromatic N) is 1. The molecule has 1 atom stereocenters. The van der Waals surface area contributed by atoms with E-state index in [1.807, 2.05) is 4.90 Å². The van der Waals surface area contributed by atoms with Crippen molar-refractivity contribution in [3.63, 3.8) is 0 Å². The molecule has 12 heavy (non-hydrogen) atoms. The minimum Gasteiger partial charge on any atom is -0.344 e. The summed E-state index contributed by atoms with van der Waals surface area (Å²) in [5.74, 6) is 1.58. The summed E-state index contributed by atoms with van der Waals surface area (Å²) in [6, 6.07) is 0. The largest absolute Gasteiger partial charge is 0.344 e. The number of hydrogen-bond acceptors (Lipinski definition) is 2. The monoisotopic (exact) mass is 170 g/mol. The zero-order valence-corrected chi connectivity index (χ0v) is 7.75. The van der Waals surface area contributed by atoms with Crippen LogP contribution in [0, 0.1) is 11.8 Å². The van der Waals surface area contributed by atoms with Crippen LogP contribution in [0.5, 0.6) is 0 Å². The number of hydrogen-bond donors (Lipinski definition) is 1. The van der Waals surface area contributed by atoms with Gasteiger partial charge in [-0.2, -0.15) is 0 Å². The lowest BCUT2D eigenvalue weighted by atomic mass is 10.2. The lowest BCUT2D eigenvalue weighted by molar-refractivity contribution is -0.131. The summed E-state index contributed by atoms with van der Waals surface area (Å²) in [7, 11) is 0. The van der Waals surface area contributed by atoms with E-state index in [0.29, 0.717) is 11.8 Å². The van der Waals surface area contributed by atoms with Crippen molar-refractivity contribution in [2.45, 2.75) is 26.2 Å². The van der Waals surface area contributed by atoms with E-state index < -0.39 is 0 Å². The quantitative estimate of drug-likeness (QED) is 0.647. The highest BCUT2D eigenvalue weighted by Crippen LogP contribution is 2.32. The van der Waals surface area contributed by atoms with Crippen LogP contribution in [0.3, 0.4) is 0 Å². The van der Waals surface area contributed by atoms with E-state index in [1.54, 1.807) is 0 Å². The predicted molar refractivity (Wildman–Crippen MR) is 48.1 cm³/mol. The van der Waals surface area contributed by atoms with Crippen molar-refractivity contribution in [3.05, 3.63) is 0 Å². The summed E-state index contributed by atoms with van der Waals surface area (Å²) in [4.78, 5) is 13.5. The number of likely N-dealkylation sites (tertiary alicyclic amines) is 1. The van der Waals surface area contributed by atoms with Crippen LogP contribution in [0.15, 0.2) is 0 Å². The first kappa shape index (κ1) is 9.52. The molecule has 0 aromatic rings. The van der Waals surface area contributed by atoms with Gasteiger partial charge in [0.2, 0.25) is 5.91 Å². The molecule has 0 aromatic carbocycles. The zero-order valence-electron chi connectivity index (χ0n) is 7.75. The summed E-state index contributed by atoms with van der Waals surface area (Å²) in [6.45, 7) is 4.24. The first-order chi connectivity index (χ1) is 5.27. The molecule has 0 aromatic heterocycles. The fourth-order valence-corrected chi connectivity index (χ4v) is 1.72. The van der Waals surface area contributed by atoms with Gasteiger partial charge in [0.05, 0.1) is 0 Å². The average molecular weight is 170 g/mol. The lowest BCUT2D eigenvalue weighted by Crippen LogP contribution is -2.29. The second-order valence-electron chi connectivity index (χ2n) is 3.95. The first-order valence-corrected chi connectivity index (χ1v) is 4.56. The van der Waals surface area contributed by atoms with Crippen LogP contribution in [-0.2, 0) is 4.79 Å². The van der Waals surface area contributed by atoms with Crippen molar-refractivity contribution in [1.82, 2.24) is 11.1 Å². The maximum Gasteiger partial charge on any atom is 0.225 e. The normalized spacial score (nSPS) is 28.4. The van der Waals surface area contributed by atoms with Crippen molar-refractivity contribution in [1.29, 1.82) is 0 Å². The predicted octanol–water partition coefficient (Wildman–Crippen LogP) is 1.43. The molecule has 1 aliphatic heterocycles. The SMILES string of the molecule is C[C@H]1CCN(C(=O)C2CC2)C1.N.